The van der Waals surface area contributed by atoms with Crippen LogP contribution in [0, 0.1) is 11.8 Å². The van der Waals surface area contributed by atoms with E-state index in [-0.39, 0.29) is 48.3 Å². The van der Waals surface area contributed by atoms with Gasteiger partial charge in [0.2, 0.25) is 0 Å². The molecule has 28 heavy (non-hydrogen) atoms. The second kappa shape index (κ2) is 8.36. The molecule has 1 fully saturated rings. The van der Waals surface area contributed by atoms with E-state index in [1.165, 1.54) is 20.3 Å². The molecule has 4 heteroatoms. The van der Waals surface area contributed by atoms with Crippen LogP contribution in [0.4, 0.5) is 0 Å². The molecule has 1 unspecified atom stereocenters. The molecule has 4 nitrogen and oxygen atoms in total. The Labute approximate surface area is 178 Å². The average Bonchev–Trinajstić information content (AvgIpc) is 3.13. The molecule has 0 N–H and O–H groups in total. The predicted molar refractivity (Wildman–Crippen MR) is 110 cm³/mol. The monoisotopic (exact) mass is 387 g/mol. The van der Waals surface area contributed by atoms with E-state index in [4.69, 9.17) is 20.4 Å². The molecule has 2 aromatic rings. The minimum Gasteiger partial charge on any atom is -0.493 e. The molecule has 0 bridgehead atoms. The van der Waals surface area contributed by atoms with Gasteiger partial charge >= 0.3 is 0 Å². The number of nitrogens with zero attached hydrogens (tertiary/aromatic N) is 1. The van der Waals surface area contributed by atoms with Crippen LogP contribution in [0.3, 0.4) is 0 Å². The summed E-state index contributed by atoms with van der Waals surface area (Å²) in [5, 5.41) is 0. The summed E-state index contributed by atoms with van der Waals surface area (Å²) in [5.74, 6) is -2.31. The van der Waals surface area contributed by atoms with E-state index in [9.17, 15) is 4.79 Å². The van der Waals surface area contributed by atoms with Crippen LogP contribution in [0.5, 0.6) is 11.5 Å². The van der Waals surface area contributed by atoms with Gasteiger partial charge in [-0.1, -0.05) is 30.2 Å². The molecule has 0 amide bonds. The number of hydrogen-bond donors (Lipinski definition) is 0. The Kier molecular flexibility index (Phi) is 3.47. The maximum atomic E-state index is 13.3. The number of fused-ring (bicyclic) bond motifs is 1. The van der Waals surface area contributed by atoms with Gasteiger partial charge < -0.3 is 9.47 Å². The van der Waals surface area contributed by atoms with E-state index in [0.717, 1.165) is 0 Å². The zero-order chi connectivity index (χ0) is 26.6. The van der Waals surface area contributed by atoms with Gasteiger partial charge in [-0.15, -0.1) is 0 Å². The highest BCUT2D eigenvalue weighted by Gasteiger charge is 2.34. The molecule has 0 spiro atoms. The molecule has 0 aromatic heterocycles. The summed E-state index contributed by atoms with van der Waals surface area (Å²) in [6.07, 6.45) is -1.41. The van der Waals surface area contributed by atoms with Gasteiger partial charge in [0.1, 0.15) is 0 Å². The number of ketones is 1. The van der Waals surface area contributed by atoms with Gasteiger partial charge in [-0.25, -0.2) is 0 Å². The van der Waals surface area contributed by atoms with Gasteiger partial charge in [0, 0.05) is 22.1 Å². The topological polar surface area (TPSA) is 38.8 Å². The predicted octanol–water partition coefficient (Wildman–Crippen LogP) is 4.36. The van der Waals surface area contributed by atoms with E-state index in [1.54, 1.807) is 6.07 Å². The van der Waals surface area contributed by atoms with Crippen LogP contribution in [-0.4, -0.2) is 38.0 Å². The number of benzene rings is 2. The highest BCUT2D eigenvalue weighted by molar-refractivity contribution is 6.02. The number of likely N-dealkylation sites (tertiary alicyclic amines) is 1. The van der Waals surface area contributed by atoms with E-state index < -0.39 is 30.0 Å². The third-order valence-electron chi connectivity index (χ3n) is 5.39. The number of ether oxygens (including phenoxy) is 2. The van der Waals surface area contributed by atoms with Crippen molar-refractivity contribution in [3.8, 4) is 11.5 Å². The van der Waals surface area contributed by atoms with Gasteiger partial charge in [-0.3, -0.25) is 9.69 Å². The molecule has 148 valence electrons. The lowest BCUT2D eigenvalue weighted by molar-refractivity contribution is 0.0895. The quantitative estimate of drug-likeness (QED) is 0.738. The maximum absolute atomic E-state index is 13.3. The second-order valence-corrected chi connectivity index (χ2v) is 7.15. The van der Waals surface area contributed by atoms with Crippen LogP contribution in [0.25, 0.3) is 0 Å². The number of carbonyl (C=O) groups is 1. The maximum Gasteiger partial charge on any atom is 0.166 e. The fraction of sp³-hybridized carbons (Fsp3) is 0.458. The van der Waals surface area contributed by atoms with Gasteiger partial charge in [-0.05, 0) is 67.9 Å². The Morgan fingerprint density at radius 2 is 1.82 bits per heavy atom. The zero-order valence-electron chi connectivity index (χ0n) is 24.1. The van der Waals surface area contributed by atoms with Crippen molar-refractivity contribution in [2.24, 2.45) is 11.8 Å². The van der Waals surface area contributed by atoms with Crippen LogP contribution in [0.2, 0.25) is 0 Å². The number of piperidine rings is 1. The molecule has 1 saturated heterocycles. The van der Waals surface area contributed by atoms with Crippen LogP contribution in [0.15, 0.2) is 42.3 Å². The number of Topliss-reactive ketones (excluding diaryl/α,β-unsaturated/α-hetero) is 1. The van der Waals surface area contributed by atoms with Crippen molar-refractivity contribution in [2.45, 2.75) is 32.2 Å². The molecule has 0 radical (unpaired) electrons. The third-order valence-corrected chi connectivity index (χ3v) is 5.39. The van der Waals surface area contributed by atoms with Crippen molar-refractivity contribution >= 4 is 5.78 Å². The van der Waals surface area contributed by atoms with Gasteiger partial charge in [0.05, 0.1) is 21.1 Å². The second-order valence-electron chi connectivity index (χ2n) is 7.15. The Morgan fingerprint density at radius 1 is 1.14 bits per heavy atom. The van der Waals surface area contributed by atoms with Crippen LogP contribution in [0.1, 0.15) is 51.7 Å². The first-order valence-corrected chi connectivity index (χ1v) is 9.45. The van der Waals surface area contributed by atoms with Gasteiger partial charge in [-0.2, -0.15) is 0 Å². The molecule has 0 saturated carbocycles. The van der Waals surface area contributed by atoms with Crippen molar-refractivity contribution < 1.29 is 25.2 Å². The van der Waals surface area contributed by atoms with E-state index in [2.05, 4.69) is 0 Å². The van der Waals surface area contributed by atoms with Crippen molar-refractivity contribution in [1.29, 1.82) is 0 Å². The smallest absolute Gasteiger partial charge is 0.166 e. The van der Waals surface area contributed by atoms with Crippen molar-refractivity contribution in [1.82, 2.24) is 4.90 Å². The Morgan fingerprint density at radius 3 is 2.50 bits per heavy atom. The summed E-state index contributed by atoms with van der Waals surface area (Å²) in [4.78, 5) is 15.2. The first kappa shape index (κ1) is 11.6. The number of carbonyl (C=O) groups excluding carboxylic acids is 1. The van der Waals surface area contributed by atoms with Gasteiger partial charge in [0.15, 0.2) is 17.3 Å². The average molecular weight is 388 g/mol. The standard InChI is InChI=1S/C24H29NO3/c1-27-22-14-19-13-20(24(26)21(19)15-23(22)28-2)12-17-8-10-25(11-9-17)16-18-6-4-3-5-7-18/h3-7,14-15,17,20H,8-13,16H2,1-2H3/i3D,4D,5D,6D,7D,12D2,20D. The van der Waals surface area contributed by atoms with Crippen LogP contribution < -0.4 is 9.47 Å². The highest BCUT2D eigenvalue weighted by atomic mass is 16.5. The lowest BCUT2D eigenvalue weighted by Crippen LogP contribution is -2.34. The largest absolute Gasteiger partial charge is 0.493 e. The van der Waals surface area contributed by atoms with Crippen molar-refractivity contribution in [2.75, 3.05) is 27.3 Å². The fourth-order valence-electron chi connectivity index (χ4n) is 3.89. The van der Waals surface area contributed by atoms with Crippen molar-refractivity contribution in [3.05, 3.63) is 59.0 Å². The molecular weight excluding hydrogens is 350 g/mol. The first-order valence-electron chi connectivity index (χ1n) is 13.4. The van der Waals surface area contributed by atoms with E-state index in [0.29, 0.717) is 43.0 Å². The molecule has 1 aliphatic carbocycles. The fourth-order valence-corrected chi connectivity index (χ4v) is 3.89. The first-order chi connectivity index (χ1) is 16.9. The van der Waals surface area contributed by atoms with E-state index >= 15 is 0 Å². The summed E-state index contributed by atoms with van der Waals surface area (Å²) in [5.41, 5.74) is 1.06. The lowest BCUT2D eigenvalue weighted by atomic mass is 9.85. The minimum absolute atomic E-state index is 0.0584. The summed E-state index contributed by atoms with van der Waals surface area (Å²) in [6, 6.07) is 1.51. The van der Waals surface area contributed by atoms with E-state index in [1.807, 2.05) is 4.90 Å². The summed E-state index contributed by atoms with van der Waals surface area (Å²) in [6.45, 7) is 0.998. The highest BCUT2D eigenvalue weighted by Crippen LogP contribution is 2.39. The summed E-state index contributed by atoms with van der Waals surface area (Å²) in [7, 11) is 2.93. The summed E-state index contributed by atoms with van der Waals surface area (Å²) < 4.78 is 77.1. The lowest BCUT2D eigenvalue weighted by Gasteiger charge is -2.32. The molecule has 1 aliphatic heterocycles. The zero-order valence-corrected chi connectivity index (χ0v) is 16.1. The number of hydrogen-bond acceptors (Lipinski definition) is 4. The Balaban J connectivity index is 1.51. The van der Waals surface area contributed by atoms with Crippen LogP contribution >= 0.6 is 0 Å². The van der Waals surface area contributed by atoms with Gasteiger partial charge in [0.25, 0.3) is 0 Å². The number of rotatable bonds is 6. The van der Waals surface area contributed by atoms with Crippen LogP contribution in [-0.2, 0) is 13.0 Å². The SMILES string of the molecule is [2H]c1c([2H])c([2H])c(CN2CCC(C([2H])([2H])C3([2H])Cc4cc(OC)c(OC)cc4C3=O)CC2)c([2H])c1[2H]. The molecular formula is C24H29NO3. The molecule has 1 heterocycles. The number of methoxy groups -OCH3 is 2. The minimum atomic E-state index is -2.10. The van der Waals surface area contributed by atoms with Crippen molar-refractivity contribution in [3.63, 3.8) is 0 Å². The molecule has 4 rings (SSSR count). The normalized spacial score (nSPS) is 27.4. The summed E-state index contributed by atoms with van der Waals surface area (Å²) >= 11 is 0. The molecule has 2 aromatic carbocycles. The molecule has 2 aliphatic rings. The third kappa shape index (κ3) is 3.93. The Bertz CT molecular complexity index is 1180. The molecule has 1 atom stereocenters. The Hall–Kier alpha value is -2.33.